The number of halogens is 1. The fraction of sp³-hybridized carbons (Fsp3) is 0.111. The highest BCUT2D eigenvalue weighted by Crippen LogP contribution is 2.37. The van der Waals surface area contributed by atoms with E-state index >= 15 is 0 Å². The summed E-state index contributed by atoms with van der Waals surface area (Å²) in [6.45, 7) is 0. The van der Waals surface area contributed by atoms with Gasteiger partial charge in [0.25, 0.3) is 10.0 Å². The van der Waals surface area contributed by atoms with Crippen LogP contribution in [0.5, 0.6) is 0 Å². The van der Waals surface area contributed by atoms with Crippen LogP contribution in [0.1, 0.15) is 0 Å². The van der Waals surface area contributed by atoms with Gasteiger partial charge in [0.05, 0.1) is 5.02 Å². The molecule has 1 N–H and O–H groups in total. The molecule has 2 aromatic rings. The average Bonchev–Trinajstić information content (AvgIpc) is 2.58. The maximum absolute atomic E-state index is 11.6. The topological polar surface area (TPSA) is 46.2 Å². The Morgan fingerprint density at radius 1 is 1.33 bits per heavy atom. The summed E-state index contributed by atoms with van der Waals surface area (Å²) in [4.78, 5) is 0. The Bertz CT molecular complexity index is 604. The maximum Gasteiger partial charge on any atom is 0.251 e. The van der Waals surface area contributed by atoms with Crippen LogP contribution in [0.3, 0.4) is 0 Å². The fourth-order valence-corrected chi connectivity index (χ4v) is 4.21. The Labute approximate surface area is 96.7 Å². The number of benzene rings is 1. The molecule has 1 aromatic carbocycles. The zero-order valence-corrected chi connectivity index (χ0v) is 10.2. The van der Waals surface area contributed by atoms with E-state index in [1.165, 1.54) is 18.4 Å². The Hall–Kier alpha value is -0.620. The highest BCUT2D eigenvalue weighted by atomic mass is 35.5. The van der Waals surface area contributed by atoms with Crippen LogP contribution in [-0.2, 0) is 10.0 Å². The standard InChI is InChI=1S/C9H8ClNO2S2/c1-11-15(12,13)9-8(10)6-4-2-3-5-7(6)14-9/h2-5,11H,1H3. The molecule has 1 aromatic heterocycles. The summed E-state index contributed by atoms with van der Waals surface area (Å²) < 4.78 is 26.5. The summed E-state index contributed by atoms with van der Waals surface area (Å²) in [7, 11) is -2.08. The molecule has 0 aliphatic carbocycles. The molecule has 80 valence electrons. The van der Waals surface area contributed by atoms with Crippen LogP contribution in [0.4, 0.5) is 0 Å². The Morgan fingerprint density at radius 2 is 2.00 bits per heavy atom. The number of rotatable bonds is 2. The molecule has 2 rings (SSSR count). The second-order valence-electron chi connectivity index (χ2n) is 2.91. The van der Waals surface area contributed by atoms with Crippen molar-refractivity contribution in [2.24, 2.45) is 0 Å². The fourth-order valence-electron chi connectivity index (χ4n) is 1.26. The SMILES string of the molecule is CNS(=O)(=O)c1sc2ccccc2c1Cl. The van der Waals surface area contributed by atoms with Crippen molar-refractivity contribution < 1.29 is 8.42 Å². The highest BCUT2D eigenvalue weighted by molar-refractivity contribution is 7.91. The molecule has 0 unspecified atom stereocenters. The lowest BCUT2D eigenvalue weighted by molar-refractivity contribution is 0.590. The van der Waals surface area contributed by atoms with Gasteiger partial charge in [-0.3, -0.25) is 0 Å². The van der Waals surface area contributed by atoms with Gasteiger partial charge >= 0.3 is 0 Å². The van der Waals surface area contributed by atoms with Gasteiger partial charge < -0.3 is 0 Å². The van der Waals surface area contributed by atoms with E-state index in [4.69, 9.17) is 11.6 Å². The van der Waals surface area contributed by atoms with Crippen molar-refractivity contribution in [3.63, 3.8) is 0 Å². The number of hydrogen-bond donors (Lipinski definition) is 1. The van der Waals surface area contributed by atoms with E-state index in [9.17, 15) is 8.42 Å². The van der Waals surface area contributed by atoms with Gasteiger partial charge in [-0.05, 0) is 13.1 Å². The second-order valence-corrected chi connectivity index (χ2v) is 6.42. The van der Waals surface area contributed by atoms with Crippen molar-refractivity contribution in [1.82, 2.24) is 4.72 Å². The Morgan fingerprint density at radius 3 is 2.60 bits per heavy atom. The summed E-state index contributed by atoms with van der Waals surface area (Å²) >= 11 is 7.18. The van der Waals surface area contributed by atoms with Gasteiger partial charge in [-0.25, -0.2) is 13.1 Å². The van der Waals surface area contributed by atoms with Crippen LogP contribution in [0.15, 0.2) is 28.5 Å². The van der Waals surface area contributed by atoms with Crippen LogP contribution < -0.4 is 4.72 Å². The minimum absolute atomic E-state index is 0.174. The number of nitrogens with one attached hydrogen (secondary N) is 1. The highest BCUT2D eigenvalue weighted by Gasteiger charge is 2.20. The smallest absolute Gasteiger partial charge is 0.213 e. The van der Waals surface area contributed by atoms with E-state index in [1.807, 2.05) is 24.3 Å². The van der Waals surface area contributed by atoms with Crippen LogP contribution in [0.25, 0.3) is 10.1 Å². The lowest BCUT2D eigenvalue weighted by atomic mass is 10.3. The molecule has 0 amide bonds. The van der Waals surface area contributed by atoms with Gasteiger partial charge in [0.15, 0.2) is 4.21 Å². The maximum atomic E-state index is 11.6. The molecule has 0 saturated carbocycles. The Kier molecular flexibility index (Phi) is 2.72. The number of hydrogen-bond acceptors (Lipinski definition) is 3. The number of thiophene rings is 1. The zero-order valence-electron chi connectivity index (χ0n) is 7.82. The number of sulfonamides is 1. The average molecular weight is 262 g/mol. The first-order valence-electron chi connectivity index (χ1n) is 4.17. The van der Waals surface area contributed by atoms with Gasteiger partial charge in [0, 0.05) is 10.1 Å². The molecule has 15 heavy (non-hydrogen) atoms. The monoisotopic (exact) mass is 261 g/mol. The Balaban J connectivity index is 2.80. The molecule has 6 heteroatoms. The van der Waals surface area contributed by atoms with Crippen LogP contribution in [0, 0.1) is 0 Å². The molecule has 0 atom stereocenters. The molecule has 1 heterocycles. The first kappa shape index (κ1) is 10.9. The summed E-state index contributed by atoms with van der Waals surface area (Å²) in [5, 5.41) is 1.07. The van der Waals surface area contributed by atoms with Gasteiger partial charge in [0.1, 0.15) is 0 Å². The van der Waals surface area contributed by atoms with E-state index in [0.717, 1.165) is 10.1 Å². The van der Waals surface area contributed by atoms with E-state index < -0.39 is 10.0 Å². The van der Waals surface area contributed by atoms with Crippen molar-refractivity contribution >= 4 is 43.0 Å². The van der Waals surface area contributed by atoms with Crippen molar-refractivity contribution in [2.75, 3.05) is 7.05 Å². The van der Waals surface area contributed by atoms with Gasteiger partial charge in [-0.15, -0.1) is 11.3 Å². The van der Waals surface area contributed by atoms with Crippen LogP contribution in [-0.4, -0.2) is 15.5 Å². The third-order valence-electron chi connectivity index (χ3n) is 2.02. The third kappa shape index (κ3) is 1.76. The van der Waals surface area contributed by atoms with Crippen LogP contribution >= 0.6 is 22.9 Å². The van der Waals surface area contributed by atoms with E-state index in [2.05, 4.69) is 4.72 Å². The largest absolute Gasteiger partial charge is 0.251 e. The zero-order chi connectivity index (χ0) is 11.1. The summed E-state index contributed by atoms with van der Waals surface area (Å²) in [5.41, 5.74) is 0. The molecule has 0 aliphatic heterocycles. The molecule has 0 saturated heterocycles. The summed E-state index contributed by atoms with van der Waals surface area (Å²) in [5.74, 6) is 0. The molecular formula is C9H8ClNO2S2. The van der Waals surface area contributed by atoms with Crippen molar-refractivity contribution in [3.8, 4) is 0 Å². The van der Waals surface area contributed by atoms with Gasteiger partial charge in [-0.2, -0.15) is 0 Å². The molecule has 0 aliphatic rings. The number of fused-ring (bicyclic) bond motifs is 1. The summed E-state index contributed by atoms with van der Waals surface area (Å²) in [6.07, 6.45) is 0. The van der Waals surface area contributed by atoms with Gasteiger partial charge in [0.2, 0.25) is 0 Å². The van der Waals surface area contributed by atoms with E-state index in [-0.39, 0.29) is 4.21 Å². The predicted molar refractivity (Wildman–Crippen MR) is 63.1 cm³/mol. The lowest BCUT2D eigenvalue weighted by Gasteiger charge is -1.97. The first-order chi connectivity index (χ1) is 7.06. The minimum atomic E-state index is -3.45. The molecular weight excluding hydrogens is 254 g/mol. The normalized spacial score (nSPS) is 12.1. The molecule has 0 fully saturated rings. The van der Waals surface area contributed by atoms with E-state index in [0.29, 0.717) is 5.02 Å². The first-order valence-corrected chi connectivity index (χ1v) is 6.84. The lowest BCUT2D eigenvalue weighted by Crippen LogP contribution is -2.17. The van der Waals surface area contributed by atoms with Crippen LogP contribution in [0.2, 0.25) is 5.02 Å². The van der Waals surface area contributed by atoms with Gasteiger partial charge in [-0.1, -0.05) is 29.8 Å². The van der Waals surface area contributed by atoms with Crippen molar-refractivity contribution in [3.05, 3.63) is 29.3 Å². The predicted octanol–water partition coefficient (Wildman–Crippen LogP) is 2.46. The summed E-state index contributed by atoms with van der Waals surface area (Å²) in [6, 6.07) is 7.34. The molecule has 0 radical (unpaired) electrons. The molecule has 0 bridgehead atoms. The molecule has 3 nitrogen and oxygen atoms in total. The second kappa shape index (κ2) is 3.75. The van der Waals surface area contributed by atoms with E-state index in [1.54, 1.807) is 0 Å². The quantitative estimate of drug-likeness (QED) is 0.903. The minimum Gasteiger partial charge on any atom is -0.213 e. The third-order valence-corrected chi connectivity index (χ3v) is 5.74. The molecule has 0 spiro atoms. The van der Waals surface area contributed by atoms with Crippen molar-refractivity contribution in [2.45, 2.75) is 4.21 Å². The van der Waals surface area contributed by atoms with Crippen molar-refractivity contribution in [1.29, 1.82) is 0 Å².